The number of fused-ring (bicyclic) bond motifs is 1. The zero-order valence-electron chi connectivity index (χ0n) is 18.6. The minimum atomic E-state index is -5.08. The molecule has 0 aliphatic carbocycles. The molecule has 1 amide bonds. The molecule has 0 unspecified atom stereocenters. The lowest BCUT2D eigenvalue weighted by Crippen LogP contribution is -2.36. The molecule has 1 aliphatic rings. The maximum Gasteiger partial charge on any atom is 0.490 e. The van der Waals surface area contributed by atoms with Crippen LogP contribution < -0.4 is 10.6 Å². The lowest BCUT2D eigenvalue weighted by Gasteiger charge is -2.29. The summed E-state index contributed by atoms with van der Waals surface area (Å²) < 4.78 is 35.0. The Hall–Kier alpha value is -3.74. The maximum atomic E-state index is 13.2. The molecule has 0 radical (unpaired) electrons. The molecule has 3 aromatic rings. The van der Waals surface area contributed by atoms with E-state index < -0.39 is 12.1 Å². The van der Waals surface area contributed by atoms with Crippen LogP contribution in [-0.2, 0) is 24.7 Å². The number of halogens is 3. The van der Waals surface area contributed by atoms with Gasteiger partial charge in [-0.2, -0.15) is 23.0 Å². The lowest BCUT2D eigenvalue weighted by atomic mass is 9.97. The van der Waals surface area contributed by atoms with Gasteiger partial charge in [0.1, 0.15) is 0 Å². The Morgan fingerprint density at radius 3 is 2.53 bits per heavy atom. The van der Waals surface area contributed by atoms with Gasteiger partial charge in [0.2, 0.25) is 0 Å². The van der Waals surface area contributed by atoms with Gasteiger partial charge < -0.3 is 15.7 Å². The van der Waals surface area contributed by atoms with E-state index in [1.165, 1.54) is 11.1 Å². The van der Waals surface area contributed by atoms with E-state index in [2.05, 4.69) is 27.5 Å². The van der Waals surface area contributed by atoms with E-state index in [4.69, 9.17) is 15.6 Å². The van der Waals surface area contributed by atoms with Crippen LogP contribution >= 0.6 is 0 Å². The number of anilines is 1. The zero-order valence-corrected chi connectivity index (χ0v) is 18.6. The summed E-state index contributed by atoms with van der Waals surface area (Å²) in [5, 5.41) is 19.7. The van der Waals surface area contributed by atoms with Crippen LogP contribution in [0.3, 0.4) is 0 Å². The standard InChI is InChI=1S/C19H23N7O.C2HF3O2/c1-13-18(21-23-26(13)17-8-11-24(2)22-17)19(27)25-10-3-4-15-12-14(7-9-20)5-6-16(15)25;3-2(4,5)1(6)7/h5-6,8,11-12H,3-4,7,9-10,20H2,1-2H3;(H,6,7). The number of nitrogens with two attached hydrogens (primary N) is 1. The molecular formula is C21H24F3N7O3. The molecule has 13 heteroatoms. The highest BCUT2D eigenvalue weighted by Gasteiger charge is 2.38. The van der Waals surface area contributed by atoms with Gasteiger partial charge in [-0.15, -0.1) is 5.10 Å². The van der Waals surface area contributed by atoms with Crippen molar-refractivity contribution >= 4 is 17.6 Å². The van der Waals surface area contributed by atoms with Gasteiger partial charge in [0.05, 0.1) is 5.69 Å². The smallest absolute Gasteiger partial charge is 0.475 e. The fourth-order valence-electron chi connectivity index (χ4n) is 3.57. The van der Waals surface area contributed by atoms with Crippen molar-refractivity contribution in [2.45, 2.75) is 32.4 Å². The predicted octanol–water partition coefficient (Wildman–Crippen LogP) is 2.04. The van der Waals surface area contributed by atoms with Crippen LogP contribution in [0.2, 0.25) is 0 Å². The van der Waals surface area contributed by atoms with E-state index in [0.29, 0.717) is 30.3 Å². The molecule has 1 aromatic carbocycles. The minimum absolute atomic E-state index is 0.123. The highest BCUT2D eigenvalue weighted by atomic mass is 19.4. The summed E-state index contributed by atoms with van der Waals surface area (Å²) in [6.07, 6.45) is -0.508. The number of benzene rings is 1. The van der Waals surface area contributed by atoms with Crippen molar-refractivity contribution in [2.75, 3.05) is 18.0 Å². The van der Waals surface area contributed by atoms with Crippen LogP contribution in [0.5, 0.6) is 0 Å². The maximum absolute atomic E-state index is 13.2. The number of carboxylic acid groups (broad SMARTS) is 1. The number of aromatic nitrogens is 5. The number of nitrogens with zero attached hydrogens (tertiary/aromatic N) is 6. The summed E-state index contributed by atoms with van der Waals surface area (Å²) >= 11 is 0. The van der Waals surface area contributed by atoms with Crippen LogP contribution in [0.1, 0.15) is 33.7 Å². The Balaban J connectivity index is 0.000000406. The number of carboxylic acids is 1. The number of aliphatic carboxylic acids is 1. The average molecular weight is 479 g/mol. The van der Waals surface area contributed by atoms with E-state index in [1.54, 1.807) is 9.36 Å². The molecule has 34 heavy (non-hydrogen) atoms. The van der Waals surface area contributed by atoms with Crippen molar-refractivity contribution in [1.82, 2.24) is 24.8 Å². The molecule has 2 aromatic heterocycles. The highest BCUT2D eigenvalue weighted by molar-refractivity contribution is 6.06. The van der Waals surface area contributed by atoms with E-state index in [0.717, 1.165) is 24.9 Å². The van der Waals surface area contributed by atoms with Gasteiger partial charge in [-0.1, -0.05) is 17.3 Å². The van der Waals surface area contributed by atoms with Crippen molar-refractivity contribution < 1.29 is 27.9 Å². The third-order valence-corrected chi connectivity index (χ3v) is 5.20. The topological polar surface area (TPSA) is 132 Å². The molecule has 4 rings (SSSR count). The SMILES string of the molecule is Cc1c(C(=O)N2CCCc3cc(CCN)ccc32)nnn1-c1ccn(C)n1.O=C(O)C(F)(F)F. The first-order chi connectivity index (χ1) is 16.0. The highest BCUT2D eigenvalue weighted by Crippen LogP contribution is 2.30. The van der Waals surface area contributed by atoms with Crippen LogP contribution in [-0.4, -0.2) is 61.0 Å². The monoisotopic (exact) mass is 479 g/mol. The van der Waals surface area contributed by atoms with Gasteiger partial charge in [-0.3, -0.25) is 9.48 Å². The zero-order chi connectivity index (χ0) is 25.0. The molecule has 0 saturated heterocycles. The first kappa shape index (κ1) is 24.9. The Bertz CT molecular complexity index is 1190. The summed E-state index contributed by atoms with van der Waals surface area (Å²) in [6.45, 7) is 3.15. The molecule has 3 N–H and O–H groups in total. The fraction of sp³-hybridized carbons (Fsp3) is 0.381. The molecule has 0 saturated carbocycles. The molecular weight excluding hydrogens is 455 g/mol. The number of carbonyl (C=O) groups is 2. The second kappa shape index (κ2) is 10.0. The first-order valence-electron chi connectivity index (χ1n) is 10.4. The molecule has 0 fully saturated rings. The second-order valence-electron chi connectivity index (χ2n) is 7.65. The fourth-order valence-corrected chi connectivity index (χ4v) is 3.57. The normalized spacial score (nSPS) is 13.2. The molecule has 182 valence electrons. The van der Waals surface area contributed by atoms with E-state index in [1.807, 2.05) is 37.2 Å². The van der Waals surface area contributed by atoms with Gasteiger partial charge in [-0.05, 0) is 49.9 Å². The Labute approximate surface area is 192 Å². The lowest BCUT2D eigenvalue weighted by molar-refractivity contribution is -0.192. The van der Waals surface area contributed by atoms with Gasteiger partial charge in [0.15, 0.2) is 11.5 Å². The largest absolute Gasteiger partial charge is 0.490 e. The molecule has 0 atom stereocenters. The van der Waals surface area contributed by atoms with Crippen molar-refractivity contribution in [1.29, 1.82) is 0 Å². The third kappa shape index (κ3) is 5.42. The summed E-state index contributed by atoms with van der Waals surface area (Å²) in [5.74, 6) is -2.23. The van der Waals surface area contributed by atoms with Crippen LogP contribution in [0, 0.1) is 6.92 Å². The molecule has 0 spiro atoms. The number of hydrogen-bond acceptors (Lipinski definition) is 6. The van der Waals surface area contributed by atoms with Crippen molar-refractivity contribution in [3.05, 3.63) is 53.0 Å². The number of aryl methyl sites for hydroxylation is 2. The Morgan fingerprint density at radius 1 is 1.24 bits per heavy atom. The Morgan fingerprint density at radius 2 is 1.94 bits per heavy atom. The molecule has 1 aliphatic heterocycles. The minimum Gasteiger partial charge on any atom is -0.475 e. The second-order valence-corrected chi connectivity index (χ2v) is 7.65. The van der Waals surface area contributed by atoms with Gasteiger partial charge in [0, 0.05) is 31.5 Å². The van der Waals surface area contributed by atoms with Crippen LogP contribution in [0.4, 0.5) is 18.9 Å². The number of rotatable bonds is 4. The summed E-state index contributed by atoms with van der Waals surface area (Å²) in [4.78, 5) is 23.9. The van der Waals surface area contributed by atoms with Crippen LogP contribution in [0.15, 0.2) is 30.5 Å². The average Bonchev–Trinajstić information content (AvgIpc) is 3.38. The molecule has 10 nitrogen and oxygen atoms in total. The van der Waals surface area contributed by atoms with Gasteiger partial charge in [-0.25, -0.2) is 4.79 Å². The first-order valence-corrected chi connectivity index (χ1v) is 10.4. The number of carbonyl (C=O) groups excluding carboxylic acids is 1. The van der Waals surface area contributed by atoms with Gasteiger partial charge in [0.25, 0.3) is 5.91 Å². The van der Waals surface area contributed by atoms with E-state index >= 15 is 0 Å². The third-order valence-electron chi connectivity index (χ3n) is 5.20. The number of alkyl halides is 3. The van der Waals surface area contributed by atoms with E-state index in [-0.39, 0.29) is 5.91 Å². The van der Waals surface area contributed by atoms with Crippen molar-refractivity contribution in [2.24, 2.45) is 12.8 Å². The van der Waals surface area contributed by atoms with Crippen LogP contribution in [0.25, 0.3) is 5.82 Å². The van der Waals surface area contributed by atoms with Gasteiger partial charge >= 0.3 is 12.1 Å². The van der Waals surface area contributed by atoms with E-state index in [9.17, 15) is 18.0 Å². The number of hydrogen-bond donors (Lipinski definition) is 2. The Kier molecular flexibility index (Phi) is 7.35. The summed E-state index contributed by atoms with van der Waals surface area (Å²) in [5.41, 5.74) is 10.1. The number of amides is 1. The quantitative estimate of drug-likeness (QED) is 0.585. The predicted molar refractivity (Wildman–Crippen MR) is 116 cm³/mol. The summed E-state index contributed by atoms with van der Waals surface area (Å²) in [6, 6.07) is 8.08. The molecule has 3 heterocycles. The summed E-state index contributed by atoms with van der Waals surface area (Å²) in [7, 11) is 1.84. The molecule has 0 bridgehead atoms. The van der Waals surface area contributed by atoms with Crippen molar-refractivity contribution in [3.63, 3.8) is 0 Å². The van der Waals surface area contributed by atoms with Crippen molar-refractivity contribution in [3.8, 4) is 5.82 Å².